The Labute approximate surface area is 92.6 Å². The van der Waals surface area contributed by atoms with Gasteiger partial charge < -0.3 is 10.1 Å². The van der Waals surface area contributed by atoms with E-state index in [1.807, 2.05) is 0 Å². The zero-order valence-electron chi connectivity index (χ0n) is 9.92. The van der Waals surface area contributed by atoms with Crippen molar-refractivity contribution >= 4 is 0 Å². The van der Waals surface area contributed by atoms with Crippen LogP contribution in [0.3, 0.4) is 0 Å². The van der Waals surface area contributed by atoms with E-state index >= 15 is 0 Å². The van der Waals surface area contributed by atoms with E-state index in [0.717, 1.165) is 19.6 Å². The maximum atomic E-state index is 5.01. The van der Waals surface area contributed by atoms with E-state index in [-0.39, 0.29) is 0 Å². The van der Waals surface area contributed by atoms with Gasteiger partial charge in [0, 0.05) is 19.8 Å². The van der Waals surface area contributed by atoms with Gasteiger partial charge in [-0.1, -0.05) is 29.8 Å². The average Bonchev–Trinajstić information content (AvgIpc) is 2.25. The average molecular weight is 207 g/mol. The van der Waals surface area contributed by atoms with Crippen molar-refractivity contribution in [1.82, 2.24) is 5.32 Å². The molecule has 0 amide bonds. The van der Waals surface area contributed by atoms with Crippen LogP contribution in [-0.2, 0) is 4.74 Å². The molecular weight excluding hydrogens is 186 g/mol. The van der Waals surface area contributed by atoms with Crippen molar-refractivity contribution in [3.8, 4) is 0 Å². The van der Waals surface area contributed by atoms with Crippen molar-refractivity contribution in [3.63, 3.8) is 0 Å². The van der Waals surface area contributed by atoms with Gasteiger partial charge >= 0.3 is 0 Å². The van der Waals surface area contributed by atoms with E-state index in [1.165, 1.54) is 11.1 Å². The van der Waals surface area contributed by atoms with E-state index in [4.69, 9.17) is 4.74 Å². The molecule has 1 aromatic carbocycles. The minimum absolute atomic E-state index is 0.419. The van der Waals surface area contributed by atoms with E-state index < -0.39 is 0 Å². The van der Waals surface area contributed by atoms with Gasteiger partial charge in [-0.3, -0.25) is 0 Å². The second-order valence-electron chi connectivity index (χ2n) is 3.93. The highest BCUT2D eigenvalue weighted by molar-refractivity contribution is 5.23. The summed E-state index contributed by atoms with van der Waals surface area (Å²) in [4.78, 5) is 0. The summed E-state index contributed by atoms with van der Waals surface area (Å²) in [5, 5.41) is 3.47. The number of nitrogens with one attached hydrogen (secondary N) is 1. The maximum Gasteiger partial charge on any atom is 0.0474 e. The molecular formula is C13H21NO. The molecule has 0 bridgehead atoms. The lowest BCUT2D eigenvalue weighted by Gasteiger charge is -2.14. The third kappa shape index (κ3) is 4.45. The van der Waals surface area contributed by atoms with E-state index in [9.17, 15) is 0 Å². The standard InChI is InChI=1S/C13H21NO/c1-11-5-7-13(8-6-11)12(2)14-9-4-10-15-3/h5-8,12,14H,4,9-10H2,1-3H3/t12-/m1/s1. The van der Waals surface area contributed by atoms with Gasteiger partial charge in [0.1, 0.15) is 0 Å². The first-order chi connectivity index (χ1) is 7.24. The number of aryl methyl sites for hydroxylation is 1. The Bertz CT molecular complexity index is 268. The number of ether oxygens (including phenoxy) is 1. The highest BCUT2D eigenvalue weighted by atomic mass is 16.5. The van der Waals surface area contributed by atoms with Crippen LogP contribution in [0.2, 0.25) is 0 Å². The summed E-state index contributed by atoms with van der Waals surface area (Å²) < 4.78 is 5.01. The van der Waals surface area contributed by atoms with Crippen LogP contribution < -0.4 is 5.32 Å². The molecule has 0 radical (unpaired) electrons. The summed E-state index contributed by atoms with van der Waals surface area (Å²) in [6.45, 7) is 6.13. The second kappa shape index (κ2) is 6.59. The molecule has 0 saturated heterocycles. The summed E-state index contributed by atoms with van der Waals surface area (Å²) >= 11 is 0. The predicted molar refractivity (Wildman–Crippen MR) is 64.1 cm³/mol. The van der Waals surface area contributed by atoms with Gasteiger partial charge in [-0.2, -0.15) is 0 Å². The molecule has 1 N–H and O–H groups in total. The Kier molecular flexibility index (Phi) is 5.37. The normalized spacial score (nSPS) is 12.7. The fourth-order valence-electron chi connectivity index (χ4n) is 1.51. The van der Waals surface area contributed by atoms with Crippen molar-refractivity contribution in [2.45, 2.75) is 26.3 Å². The Balaban J connectivity index is 2.33. The third-order valence-electron chi connectivity index (χ3n) is 2.55. The zero-order chi connectivity index (χ0) is 11.1. The molecule has 0 aliphatic rings. The number of hydrogen-bond donors (Lipinski definition) is 1. The zero-order valence-corrected chi connectivity index (χ0v) is 9.92. The highest BCUT2D eigenvalue weighted by Gasteiger charge is 2.02. The lowest BCUT2D eigenvalue weighted by molar-refractivity contribution is 0.193. The molecule has 2 nitrogen and oxygen atoms in total. The number of hydrogen-bond acceptors (Lipinski definition) is 2. The van der Waals surface area contributed by atoms with E-state index in [2.05, 4.69) is 43.4 Å². The molecule has 0 unspecified atom stereocenters. The Morgan fingerprint density at radius 1 is 1.27 bits per heavy atom. The van der Waals surface area contributed by atoms with Gasteiger partial charge in [-0.25, -0.2) is 0 Å². The summed E-state index contributed by atoms with van der Waals surface area (Å²) in [7, 11) is 1.74. The van der Waals surface area contributed by atoms with Gasteiger partial charge in [0.05, 0.1) is 0 Å². The van der Waals surface area contributed by atoms with Gasteiger partial charge in [0.2, 0.25) is 0 Å². The van der Waals surface area contributed by atoms with Crippen LogP contribution in [0, 0.1) is 6.92 Å². The lowest BCUT2D eigenvalue weighted by Crippen LogP contribution is -2.20. The smallest absolute Gasteiger partial charge is 0.0474 e. The SMILES string of the molecule is COCCCN[C@H](C)c1ccc(C)cc1. The molecule has 1 rings (SSSR count). The summed E-state index contributed by atoms with van der Waals surface area (Å²) in [6.07, 6.45) is 1.06. The molecule has 0 spiro atoms. The molecule has 1 atom stereocenters. The largest absolute Gasteiger partial charge is 0.385 e. The van der Waals surface area contributed by atoms with Crippen LogP contribution in [-0.4, -0.2) is 20.3 Å². The van der Waals surface area contributed by atoms with Gasteiger partial charge in [0.25, 0.3) is 0 Å². The van der Waals surface area contributed by atoms with E-state index in [0.29, 0.717) is 6.04 Å². The first-order valence-corrected chi connectivity index (χ1v) is 5.53. The number of benzene rings is 1. The molecule has 15 heavy (non-hydrogen) atoms. The Hall–Kier alpha value is -0.860. The van der Waals surface area contributed by atoms with Crippen LogP contribution in [0.5, 0.6) is 0 Å². The van der Waals surface area contributed by atoms with Crippen molar-refractivity contribution < 1.29 is 4.74 Å². The summed E-state index contributed by atoms with van der Waals surface area (Å²) in [5.74, 6) is 0. The van der Waals surface area contributed by atoms with Gasteiger partial charge in [0.15, 0.2) is 0 Å². The Morgan fingerprint density at radius 2 is 1.93 bits per heavy atom. The quantitative estimate of drug-likeness (QED) is 0.724. The van der Waals surface area contributed by atoms with E-state index in [1.54, 1.807) is 7.11 Å². The maximum absolute atomic E-state index is 5.01. The molecule has 0 heterocycles. The molecule has 0 aliphatic heterocycles. The third-order valence-corrected chi connectivity index (χ3v) is 2.55. The van der Waals surface area contributed by atoms with Crippen LogP contribution >= 0.6 is 0 Å². The minimum atomic E-state index is 0.419. The number of methoxy groups -OCH3 is 1. The molecule has 1 aromatic rings. The second-order valence-corrected chi connectivity index (χ2v) is 3.93. The highest BCUT2D eigenvalue weighted by Crippen LogP contribution is 2.12. The molecule has 0 aliphatic carbocycles. The van der Waals surface area contributed by atoms with Crippen LogP contribution in [0.1, 0.15) is 30.5 Å². The summed E-state index contributed by atoms with van der Waals surface area (Å²) in [5.41, 5.74) is 2.66. The first kappa shape index (κ1) is 12.2. The van der Waals surface area contributed by atoms with Gasteiger partial charge in [-0.15, -0.1) is 0 Å². The molecule has 2 heteroatoms. The van der Waals surface area contributed by atoms with Crippen LogP contribution in [0.4, 0.5) is 0 Å². The van der Waals surface area contributed by atoms with Crippen LogP contribution in [0.15, 0.2) is 24.3 Å². The predicted octanol–water partition coefficient (Wildman–Crippen LogP) is 2.68. The fraction of sp³-hybridized carbons (Fsp3) is 0.538. The monoisotopic (exact) mass is 207 g/mol. The topological polar surface area (TPSA) is 21.3 Å². The van der Waals surface area contributed by atoms with Crippen molar-refractivity contribution in [3.05, 3.63) is 35.4 Å². The minimum Gasteiger partial charge on any atom is -0.385 e. The van der Waals surface area contributed by atoms with Crippen LogP contribution in [0.25, 0.3) is 0 Å². The van der Waals surface area contributed by atoms with Crippen molar-refractivity contribution in [1.29, 1.82) is 0 Å². The molecule has 0 aromatic heterocycles. The van der Waals surface area contributed by atoms with Crippen molar-refractivity contribution in [2.24, 2.45) is 0 Å². The fourth-order valence-corrected chi connectivity index (χ4v) is 1.51. The Morgan fingerprint density at radius 3 is 2.53 bits per heavy atom. The molecule has 0 saturated carbocycles. The van der Waals surface area contributed by atoms with Crippen molar-refractivity contribution in [2.75, 3.05) is 20.3 Å². The van der Waals surface area contributed by atoms with Gasteiger partial charge in [-0.05, 0) is 32.4 Å². The molecule has 0 fully saturated rings. The number of rotatable bonds is 6. The molecule has 84 valence electrons. The lowest BCUT2D eigenvalue weighted by atomic mass is 10.1. The first-order valence-electron chi connectivity index (χ1n) is 5.53. The summed E-state index contributed by atoms with van der Waals surface area (Å²) in [6, 6.07) is 9.10.